The van der Waals surface area contributed by atoms with Crippen LogP contribution < -0.4 is 14.2 Å². The molecule has 1 aliphatic rings. The molecule has 0 N–H and O–H groups in total. The highest BCUT2D eigenvalue weighted by atomic mass is 16.5. The van der Waals surface area contributed by atoms with Crippen LogP contribution in [0.1, 0.15) is 54.6 Å². The van der Waals surface area contributed by atoms with Crippen molar-refractivity contribution < 1.29 is 19.0 Å². The second kappa shape index (κ2) is 9.49. The molecule has 5 heteroatoms. The predicted octanol–water partition coefficient (Wildman–Crippen LogP) is 4.86. The second-order valence-electron chi connectivity index (χ2n) is 7.00. The van der Waals surface area contributed by atoms with Crippen LogP contribution in [0.15, 0.2) is 42.5 Å². The summed E-state index contributed by atoms with van der Waals surface area (Å²) in [4.78, 5) is 15.2. The first-order valence-electron chi connectivity index (χ1n) is 9.93. The third-order valence-electron chi connectivity index (χ3n) is 5.18. The summed E-state index contributed by atoms with van der Waals surface area (Å²) >= 11 is 0. The zero-order valence-electron chi connectivity index (χ0n) is 16.9. The number of hydrogen-bond acceptors (Lipinski definition) is 4. The number of ether oxygens (including phenoxy) is 3. The van der Waals surface area contributed by atoms with Crippen LogP contribution in [-0.2, 0) is 0 Å². The molecule has 1 fully saturated rings. The first kappa shape index (κ1) is 20.1. The van der Waals surface area contributed by atoms with Crippen LogP contribution in [0.5, 0.6) is 17.2 Å². The summed E-state index contributed by atoms with van der Waals surface area (Å²) in [5.74, 6) is 2.13. The minimum atomic E-state index is 0.0247. The lowest BCUT2D eigenvalue weighted by atomic mass is 10.0. The molecule has 0 radical (unpaired) electrons. The van der Waals surface area contributed by atoms with Gasteiger partial charge in [0.05, 0.1) is 26.9 Å². The molecule has 0 aromatic heterocycles. The van der Waals surface area contributed by atoms with Gasteiger partial charge in [-0.25, -0.2) is 0 Å². The number of carbonyl (C=O) groups is 1. The summed E-state index contributed by atoms with van der Waals surface area (Å²) < 4.78 is 16.5. The number of unbranched alkanes of at least 4 members (excludes halogenated alkanes) is 1. The van der Waals surface area contributed by atoms with Crippen molar-refractivity contribution in [1.82, 2.24) is 4.90 Å². The molecule has 2 aromatic carbocycles. The van der Waals surface area contributed by atoms with E-state index in [9.17, 15) is 4.79 Å². The van der Waals surface area contributed by atoms with Crippen LogP contribution in [-0.4, -0.2) is 38.2 Å². The number of nitrogens with zero attached hydrogens (tertiary/aromatic N) is 1. The van der Waals surface area contributed by atoms with Crippen molar-refractivity contribution in [2.45, 2.75) is 38.6 Å². The highest BCUT2D eigenvalue weighted by Gasteiger charge is 2.31. The molecule has 0 aliphatic carbocycles. The van der Waals surface area contributed by atoms with E-state index in [1.165, 1.54) is 0 Å². The standard InChI is InChI=1S/C23H29NO4/c1-4-5-15-28-21-13-10-18(16-22(21)27-3)23(25)24-14-6-7-20(24)17-8-11-19(26-2)12-9-17/h8-13,16,20H,4-7,14-15H2,1-3H3. The van der Waals surface area contributed by atoms with Crippen LogP contribution in [0.2, 0.25) is 0 Å². The van der Waals surface area contributed by atoms with E-state index in [1.807, 2.05) is 41.3 Å². The summed E-state index contributed by atoms with van der Waals surface area (Å²) in [5.41, 5.74) is 1.76. The SMILES string of the molecule is CCCCOc1ccc(C(=O)N2CCCC2c2ccc(OC)cc2)cc1OC. The molecule has 2 aromatic rings. The molecule has 1 unspecified atom stereocenters. The van der Waals surface area contributed by atoms with E-state index < -0.39 is 0 Å². The van der Waals surface area contributed by atoms with Gasteiger partial charge in [-0.15, -0.1) is 0 Å². The molecule has 5 nitrogen and oxygen atoms in total. The fourth-order valence-corrected chi connectivity index (χ4v) is 3.59. The van der Waals surface area contributed by atoms with Crippen molar-refractivity contribution >= 4 is 5.91 Å². The van der Waals surface area contributed by atoms with Crippen LogP contribution in [0.4, 0.5) is 0 Å². The average Bonchev–Trinajstić information content (AvgIpc) is 3.23. The highest BCUT2D eigenvalue weighted by molar-refractivity contribution is 5.95. The lowest BCUT2D eigenvalue weighted by Gasteiger charge is -2.25. The molecule has 1 amide bonds. The van der Waals surface area contributed by atoms with E-state index in [1.54, 1.807) is 20.3 Å². The first-order valence-corrected chi connectivity index (χ1v) is 9.93. The molecule has 1 heterocycles. The van der Waals surface area contributed by atoms with Gasteiger partial charge in [-0.2, -0.15) is 0 Å². The topological polar surface area (TPSA) is 48.0 Å². The smallest absolute Gasteiger partial charge is 0.254 e. The zero-order valence-corrected chi connectivity index (χ0v) is 16.9. The molecular formula is C23H29NO4. The second-order valence-corrected chi connectivity index (χ2v) is 7.00. The van der Waals surface area contributed by atoms with Gasteiger partial charge in [-0.3, -0.25) is 4.79 Å². The molecule has 0 spiro atoms. The molecule has 1 atom stereocenters. The third-order valence-corrected chi connectivity index (χ3v) is 5.18. The number of amides is 1. The Morgan fingerprint density at radius 3 is 2.54 bits per heavy atom. The Labute approximate surface area is 167 Å². The Hall–Kier alpha value is -2.69. The van der Waals surface area contributed by atoms with Crippen LogP contribution in [0, 0.1) is 0 Å². The minimum absolute atomic E-state index is 0.0247. The van der Waals surface area contributed by atoms with Gasteiger partial charge in [-0.1, -0.05) is 25.5 Å². The van der Waals surface area contributed by atoms with E-state index in [2.05, 4.69) is 6.92 Å². The molecule has 1 aliphatic heterocycles. The van der Waals surface area contributed by atoms with Crippen molar-refractivity contribution in [2.24, 2.45) is 0 Å². The van der Waals surface area contributed by atoms with Gasteiger partial charge in [-0.05, 0) is 55.2 Å². The summed E-state index contributed by atoms with van der Waals surface area (Å²) in [5, 5.41) is 0. The van der Waals surface area contributed by atoms with E-state index in [0.717, 1.165) is 43.5 Å². The van der Waals surface area contributed by atoms with Crippen molar-refractivity contribution in [1.29, 1.82) is 0 Å². The Bertz CT molecular complexity index is 788. The van der Waals surface area contributed by atoms with E-state index >= 15 is 0 Å². The van der Waals surface area contributed by atoms with E-state index in [-0.39, 0.29) is 11.9 Å². The molecular weight excluding hydrogens is 354 g/mol. The molecule has 3 rings (SSSR count). The number of likely N-dealkylation sites (tertiary alicyclic amines) is 1. The Kier molecular flexibility index (Phi) is 6.80. The Morgan fingerprint density at radius 2 is 1.86 bits per heavy atom. The monoisotopic (exact) mass is 383 g/mol. The number of carbonyl (C=O) groups excluding carboxylic acids is 1. The molecule has 28 heavy (non-hydrogen) atoms. The van der Waals surface area contributed by atoms with Gasteiger partial charge in [0.1, 0.15) is 5.75 Å². The van der Waals surface area contributed by atoms with Gasteiger partial charge in [0, 0.05) is 12.1 Å². The lowest BCUT2D eigenvalue weighted by molar-refractivity contribution is 0.0735. The normalized spacial score (nSPS) is 16.1. The third kappa shape index (κ3) is 4.41. The summed E-state index contributed by atoms with van der Waals surface area (Å²) in [6.45, 7) is 3.52. The van der Waals surface area contributed by atoms with Crippen LogP contribution >= 0.6 is 0 Å². The van der Waals surface area contributed by atoms with Crippen molar-refractivity contribution in [3.63, 3.8) is 0 Å². The minimum Gasteiger partial charge on any atom is -0.497 e. The molecule has 1 saturated heterocycles. The summed E-state index contributed by atoms with van der Waals surface area (Å²) in [6, 6.07) is 13.5. The summed E-state index contributed by atoms with van der Waals surface area (Å²) in [6.07, 6.45) is 4.02. The van der Waals surface area contributed by atoms with Crippen molar-refractivity contribution in [2.75, 3.05) is 27.4 Å². The fraction of sp³-hybridized carbons (Fsp3) is 0.435. The lowest BCUT2D eigenvalue weighted by Crippen LogP contribution is -2.30. The highest BCUT2D eigenvalue weighted by Crippen LogP contribution is 2.35. The van der Waals surface area contributed by atoms with Gasteiger partial charge in [0.25, 0.3) is 5.91 Å². The number of benzene rings is 2. The van der Waals surface area contributed by atoms with Gasteiger partial charge < -0.3 is 19.1 Å². The summed E-state index contributed by atoms with van der Waals surface area (Å²) in [7, 11) is 3.26. The number of hydrogen-bond donors (Lipinski definition) is 0. The van der Waals surface area contributed by atoms with Gasteiger partial charge in [0.2, 0.25) is 0 Å². The van der Waals surface area contributed by atoms with Gasteiger partial charge >= 0.3 is 0 Å². The van der Waals surface area contributed by atoms with Crippen molar-refractivity contribution in [3.8, 4) is 17.2 Å². The number of methoxy groups -OCH3 is 2. The van der Waals surface area contributed by atoms with Crippen LogP contribution in [0.3, 0.4) is 0 Å². The zero-order chi connectivity index (χ0) is 19.9. The largest absolute Gasteiger partial charge is 0.497 e. The molecule has 0 saturated carbocycles. The predicted molar refractivity (Wildman–Crippen MR) is 109 cm³/mol. The molecule has 0 bridgehead atoms. The Morgan fingerprint density at radius 1 is 1.07 bits per heavy atom. The maximum Gasteiger partial charge on any atom is 0.254 e. The average molecular weight is 383 g/mol. The van der Waals surface area contributed by atoms with Gasteiger partial charge in [0.15, 0.2) is 11.5 Å². The number of rotatable bonds is 8. The maximum absolute atomic E-state index is 13.2. The van der Waals surface area contributed by atoms with E-state index in [0.29, 0.717) is 23.7 Å². The quantitative estimate of drug-likeness (QED) is 0.611. The first-order chi connectivity index (χ1) is 13.7. The Balaban J connectivity index is 1.77. The fourth-order valence-electron chi connectivity index (χ4n) is 3.59. The maximum atomic E-state index is 13.2. The van der Waals surface area contributed by atoms with Crippen LogP contribution in [0.25, 0.3) is 0 Å². The van der Waals surface area contributed by atoms with Crippen molar-refractivity contribution in [3.05, 3.63) is 53.6 Å². The molecule has 150 valence electrons. The van der Waals surface area contributed by atoms with E-state index in [4.69, 9.17) is 14.2 Å².